The van der Waals surface area contributed by atoms with E-state index < -0.39 is 0 Å². The second kappa shape index (κ2) is 3.76. The summed E-state index contributed by atoms with van der Waals surface area (Å²) in [6.07, 6.45) is 6.93. The lowest BCUT2D eigenvalue weighted by atomic mass is 10.2. The molecular weight excluding hydrogens is 152 g/mol. The Morgan fingerprint density at radius 3 is 2.92 bits per heavy atom. The average Bonchev–Trinajstić information content (AvgIpc) is 2.52. The fraction of sp³-hybridized carbons (Fsp3) is 0.222. The topological polar surface area (TPSA) is 48.9 Å². The molecule has 0 radical (unpaired) electrons. The van der Waals surface area contributed by atoms with Gasteiger partial charge in [0.2, 0.25) is 0 Å². The van der Waals surface area contributed by atoms with E-state index in [-0.39, 0.29) is 5.76 Å². The van der Waals surface area contributed by atoms with E-state index in [9.17, 15) is 5.11 Å². The lowest BCUT2D eigenvalue weighted by Gasteiger charge is -1.94. The second-order valence-electron chi connectivity index (χ2n) is 2.34. The van der Waals surface area contributed by atoms with Crippen molar-refractivity contribution >= 4 is 11.8 Å². The number of hydrogen-bond acceptors (Lipinski definition) is 2. The summed E-state index contributed by atoms with van der Waals surface area (Å²) >= 11 is 0. The Bertz CT molecular complexity index is 310. The summed E-state index contributed by atoms with van der Waals surface area (Å²) in [5.74, 6) is 0.198. The summed E-state index contributed by atoms with van der Waals surface area (Å²) < 4.78 is 0. The molecule has 12 heavy (non-hydrogen) atoms. The van der Waals surface area contributed by atoms with Gasteiger partial charge in [-0.3, -0.25) is 0 Å². The number of rotatable bonds is 2. The number of aromatic nitrogens is 2. The van der Waals surface area contributed by atoms with E-state index in [0.717, 1.165) is 5.69 Å². The number of H-pyrrole nitrogens is 1. The van der Waals surface area contributed by atoms with E-state index in [1.807, 2.05) is 19.1 Å². The van der Waals surface area contributed by atoms with Crippen molar-refractivity contribution in [3.05, 3.63) is 29.9 Å². The van der Waals surface area contributed by atoms with Crippen LogP contribution in [-0.4, -0.2) is 15.1 Å². The van der Waals surface area contributed by atoms with Crippen molar-refractivity contribution in [3.63, 3.8) is 0 Å². The van der Waals surface area contributed by atoms with Gasteiger partial charge in [0.25, 0.3) is 0 Å². The van der Waals surface area contributed by atoms with Crippen LogP contribution in [0, 0.1) is 0 Å². The van der Waals surface area contributed by atoms with Crippen molar-refractivity contribution in [3.8, 4) is 0 Å². The quantitative estimate of drug-likeness (QED) is 0.659. The van der Waals surface area contributed by atoms with Crippen LogP contribution in [0.2, 0.25) is 0 Å². The first-order valence-corrected chi connectivity index (χ1v) is 3.81. The molecule has 0 aromatic carbocycles. The highest BCUT2D eigenvalue weighted by molar-refractivity contribution is 5.64. The monoisotopic (exact) mass is 164 g/mol. The molecule has 2 N–H and O–H groups in total. The van der Waals surface area contributed by atoms with Gasteiger partial charge in [0.05, 0.1) is 12.0 Å². The molecule has 1 aromatic heterocycles. The Morgan fingerprint density at radius 2 is 2.33 bits per heavy atom. The average molecular weight is 164 g/mol. The van der Waals surface area contributed by atoms with Crippen LogP contribution >= 0.6 is 0 Å². The van der Waals surface area contributed by atoms with Crippen molar-refractivity contribution in [1.82, 2.24) is 9.97 Å². The van der Waals surface area contributed by atoms with E-state index in [0.29, 0.717) is 5.69 Å². The first-order valence-electron chi connectivity index (χ1n) is 3.81. The summed E-state index contributed by atoms with van der Waals surface area (Å²) in [4.78, 5) is 6.90. The standard InChI is InChI=1S/C9H12N2O/c1-3-5-7-9(8(12)4-2)11-6-10-7/h3-6,12H,1-2H3,(H,10,11)/b5-3-,8-4+. The van der Waals surface area contributed by atoms with Gasteiger partial charge in [-0.25, -0.2) is 4.98 Å². The fourth-order valence-corrected chi connectivity index (χ4v) is 0.939. The molecule has 0 spiro atoms. The van der Waals surface area contributed by atoms with E-state index in [1.165, 1.54) is 0 Å². The van der Waals surface area contributed by atoms with Crippen molar-refractivity contribution < 1.29 is 5.11 Å². The van der Waals surface area contributed by atoms with E-state index in [2.05, 4.69) is 9.97 Å². The van der Waals surface area contributed by atoms with Gasteiger partial charge >= 0.3 is 0 Å². The Morgan fingerprint density at radius 1 is 1.58 bits per heavy atom. The molecule has 0 atom stereocenters. The highest BCUT2D eigenvalue weighted by atomic mass is 16.3. The Hall–Kier alpha value is -1.51. The number of hydrogen-bond donors (Lipinski definition) is 2. The van der Waals surface area contributed by atoms with Crippen LogP contribution in [-0.2, 0) is 0 Å². The van der Waals surface area contributed by atoms with Gasteiger partial charge in [0.15, 0.2) is 0 Å². The van der Waals surface area contributed by atoms with Crippen molar-refractivity contribution in [2.75, 3.05) is 0 Å². The molecule has 64 valence electrons. The molecule has 1 rings (SSSR count). The predicted octanol–water partition coefficient (Wildman–Crippen LogP) is 2.36. The lowest BCUT2D eigenvalue weighted by Crippen LogP contribution is -1.85. The van der Waals surface area contributed by atoms with Crippen LogP contribution in [0.3, 0.4) is 0 Å². The van der Waals surface area contributed by atoms with Crippen LogP contribution < -0.4 is 0 Å². The van der Waals surface area contributed by atoms with Crippen LogP contribution in [0.4, 0.5) is 0 Å². The number of imidazole rings is 1. The Balaban J connectivity index is 3.07. The summed E-state index contributed by atoms with van der Waals surface area (Å²) in [5, 5.41) is 9.37. The number of nitrogens with one attached hydrogen (secondary N) is 1. The normalized spacial score (nSPS) is 12.7. The summed E-state index contributed by atoms with van der Waals surface area (Å²) in [6.45, 7) is 3.68. The molecule has 0 aliphatic heterocycles. The molecule has 0 bridgehead atoms. The summed E-state index contributed by atoms with van der Waals surface area (Å²) in [6, 6.07) is 0. The minimum atomic E-state index is 0.198. The number of aliphatic hydroxyl groups excluding tert-OH is 1. The third kappa shape index (κ3) is 1.56. The molecule has 1 heterocycles. The third-order valence-electron chi connectivity index (χ3n) is 1.52. The molecular formula is C9H12N2O. The maximum Gasteiger partial charge on any atom is 0.139 e. The van der Waals surface area contributed by atoms with Gasteiger partial charge in [0.1, 0.15) is 11.5 Å². The van der Waals surface area contributed by atoms with E-state index >= 15 is 0 Å². The minimum Gasteiger partial charge on any atom is -0.506 e. The van der Waals surface area contributed by atoms with E-state index in [1.54, 1.807) is 19.3 Å². The van der Waals surface area contributed by atoms with Gasteiger partial charge in [-0.2, -0.15) is 0 Å². The van der Waals surface area contributed by atoms with E-state index in [4.69, 9.17) is 0 Å². The first kappa shape index (κ1) is 8.59. The van der Waals surface area contributed by atoms with Crippen molar-refractivity contribution in [2.24, 2.45) is 0 Å². The van der Waals surface area contributed by atoms with Gasteiger partial charge in [0, 0.05) is 0 Å². The summed E-state index contributed by atoms with van der Waals surface area (Å²) in [7, 11) is 0. The maximum atomic E-state index is 9.37. The largest absolute Gasteiger partial charge is 0.506 e. The van der Waals surface area contributed by atoms with Gasteiger partial charge in [-0.15, -0.1) is 0 Å². The molecule has 0 saturated carbocycles. The lowest BCUT2D eigenvalue weighted by molar-refractivity contribution is 0.508. The predicted molar refractivity (Wildman–Crippen MR) is 49.6 cm³/mol. The van der Waals surface area contributed by atoms with Crippen LogP contribution in [0.25, 0.3) is 11.8 Å². The molecule has 0 aliphatic carbocycles. The molecule has 3 nitrogen and oxygen atoms in total. The van der Waals surface area contributed by atoms with Crippen molar-refractivity contribution in [1.29, 1.82) is 0 Å². The molecule has 0 fully saturated rings. The van der Waals surface area contributed by atoms with Gasteiger partial charge in [-0.1, -0.05) is 6.08 Å². The fourth-order valence-electron chi connectivity index (χ4n) is 0.939. The second-order valence-corrected chi connectivity index (χ2v) is 2.34. The molecule has 1 aromatic rings. The Kier molecular flexibility index (Phi) is 2.69. The molecule has 3 heteroatoms. The first-order chi connectivity index (χ1) is 5.79. The van der Waals surface area contributed by atoms with Crippen LogP contribution in [0.15, 0.2) is 18.5 Å². The summed E-state index contributed by atoms with van der Waals surface area (Å²) in [5.41, 5.74) is 1.42. The highest BCUT2D eigenvalue weighted by Crippen LogP contribution is 2.13. The third-order valence-corrected chi connectivity index (χ3v) is 1.52. The zero-order chi connectivity index (χ0) is 8.97. The van der Waals surface area contributed by atoms with Gasteiger partial charge in [-0.05, 0) is 26.0 Å². The number of allylic oxidation sites excluding steroid dienone is 2. The van der Waals surface area contributed by atoms with Crippen LogP contribution in [0.5, 0.6) is 0 Å². The zero-order valence-corrected chi connectivity index (χ0v) is 7.20. The number of aromatic amines is 1. The molecule has 0 unspecified atom stereocenters. The Labute approximate surface area is 71.5 Å². The van der Waals surface area contributed by atoms with Gasteiger partial charge < -0.3 is 10.1 Å². The SMILES string of the molecule is C/C=C\c1[nH]cnc1/C(O)=C\C. The number of nitrogens with zero attached hydrogens (tertiary/aromatic N) is 1. The van der Waals surface area contributed by atoms with Crippen LogP contribution in [0.1, 0.15) is 25.2 Å². The minimum absolute atomic E-state index is 0.198. The number of aliphatic hydroxyl groups is 1. The zero-order valence-electron chi connectivity index (χ0n) is 7.20. The molecule has 0 aliphatic rings. The van der Waals surface area contributed by atoms with Crippen molar-refractivity contribution in [2.45, 2.75) is 13.8 Å². The highest BCUT2D eigenvalue weighted by Gasteiger charge is 2.04. The molecule has 0 amide bonds. The molecule has 0 saturated heterocycles. The smallest absolute Gasteiger partial charge is 0.139 e. The maximum absolute atomic E-state index is 9.37.